The molecular formula is C22H28N4O. The average Bonchev–Trinajstić information content (AvgIpc) is 2.75. The van der Waals surface area contributed by atoms with Crippen LogP contribution >= 0.6 is 0 Å². The first-order chi connectivity index (χ1) is 13.3. The highest BCUT2D eigenvalue weighted by Crippen LogP contribution is 2.30. The van der Waals surface area contributed by atoms with Crippen LogP contribution in [0.2, 0.25) is 0 Å². The highest BCUT2D eigenvalue weighted by Gasteiger charge is 2.30. The SMILES string of the molecule is O=C(C1CCCCC1)N1CCC[C@H](c2ccc(Nc3ccccn3)cn2)C1. The Labute approximate surface area is 161 Å². The molecule has 1 aliphatic heterocycles. The monoisotopic (exact) mass is 364 g/mol. The van der Waals surface area contributed by atoms with Crippen LogP contribution in [0.1, 0.15) is 56.6 Å². The molecule has 1 amide bonds. The summed E-state index contributed by atoms with van der Waals surface area (Å²) in [6.45, 7) is 1.72. The van der Waals surface area contributed by atoms with Crippen molar-refractivity contribution in [3.8, 4) is 0 Å². The molecule has 4 rings (SSSR count). The number of nitrogens with zero attached hydrogens (tertiary/aromatic N) is 3. The number of carbonyl (C=O) groups is 1. The van der Waals surface area contributed by atoms with Gasteiger partial charge in [-0.1, -0.05) is 25.3 Å². The van der Waals surface area contributed by atoms with E-state index in [4.69, 9.17) is 0 Å². The molecule has 0 bridgehead atoms. The second kappa shape index (κ2) is 8.51. The number of carbonyl (C=O) groups excluding carboxylic acids is 1. The number of pyridine rings is 2. The Bertz CT molecular complexity index is 741. The zero-order chi connectivity index (χ0) is 18.5. The number of hydrogen-bond donors (Lipinski definition) is 1. The van der Waals surface area contributed by atoms with Gasteiger partial charge in [0.05, 0.1) is 11.9 Å². The summed E-state index contributed by atoms with van der Waals surface area (Å²) in [4.78, 5) is 23.9. The molecule has 5 nitrogen and oxygen atoms in total. The molecule has 0 spiro atoms. The van der Waals surface area contributed by atoms with Crippen LogP contribution < -0.4 is 5.32 Å². The fraction of sp³-hybridized carbons (Fsp3) is 0.500. The smallest absolute Gasteiger partial charge is 0.225 e. The summed E-state index contributed by atoms with van der Waals surface area (Å²) in [5, 5.41) is 3.27. The van der Waals surface area contributed by atoms with Gasteiger partial charge in [0.2, 0.25) is 5.91 Å². The molecule has 2 aromatic heterocycles. The molecule has 142 valence electrons. The van der Waals surface area contributed by atoms with E-state index in [0.717, 1.165) is 56.0 Å². The number of nitrogens with one attached hydrogen (secondary N) is 1. The van der Waals surface area contributed by atoms with Gasteiger partial charge in [-0.05, 0) is 49.9 Å². The minimum Gasteiger partial charge on any atom is -0.342 e. The molecule has 1 atom stereocenters. The minimum absolute atomic E-state index is 0.260. The lowest BCUT2D eigenvalue weighted by atomic mass is 9.86. The minimum atomic E-state index is 0.260. The normalized spacial score (nSPS) is 21.0. The maximum atomic E-state index is 12.9. The Morgan fingerprint density at radius 3 is 2.63 bits per heavy atom. The summed E-state index contributed by atoms with van der Waals surface area (Å²) in [6, 6.07) is 9.93. The lowest BCUT2D eigenvalue weighted by molar-refractivity contribution is -0.137. The fourth-order valence-corrected chi connectivity index (χ4v) is 4.33. The van der Waals surface area contributed by atoms with Crippen molar-refractivity contribution < 1.29 is 4.79 Å². The Balaban J connectivity index is 1.38. The summed E-state index contributed by atoms with van der Waals surface area (Å²) in [5.41, 5.74) is 2.02. The lowest BCUT2D eigenvalue weighted by Gasteiger charge is -2.35. The van der Waals surface area contributed by atoms with Crippen LogP contribution in [0.3, 0.4) is 0 Å². The first-order valence-corrected chi connectivity index (χ1v) is 10.2. The van der Waals surface area contributed by atoms with E-state index >= 15 is 0 Å². The van der Waals surface area contributed by atoms with E-state index in [2.05, 4.69) is 32.3 Å². The van der Waals surface area contributed by atoms with Gasteiger partial charge in [0.25, 0.3) is 0 Å². The highest BCUT2D eigenvalue weighted by molar-refractivity contribution is 5.79. The molecule has 1 aliphatic carbocycles. The maximum Gasteiger partial charge on any atom is 0.225 e. The van der Waals surface area contributed by atoms with Crippen LogP contribution in [0.4, 0.5) is 11.5 Å². The molecule has 1 saturated heterocycles. The van der Waals surface area contributed by atoms with Gasteiger partial charge in [-0.15, -0.1) is 0 Å². The third-order valence-electron chi connectivity index (χ3n) is 5.83. The van der Waals surface area contributed by atoms with E-state index in [-0.39, 0.29) is 5.92 Å². The summed E-state index contributed by atoms with van der Waals surface area (Å²) < 4.78 is 0. The molecule has 0 unspecified atom stereocenters. The summed E-state index contributed by atoms with van der Waals surface area (Å²) in [6.07, 6.45) is 11.7. The molecular weight excluding hydrogens is 336 g/mol. The first kappa shape index (κ1) is 18.0. The molecule has 5 heteroatoms. The van der Waals surface area contributed by atoms with Crippen molar-refractivity contribution in [3.05, 3.63) is 48.4 Å². The van der Waals surface area contributed by atoms with Crippen LogP contribution in [0, 0.1) is 5.92 Å². The zero-order valence-electron chi connectivity index (χ0n) is 15.8. The van der Waals surface area contributed by atoms with Crippen LogP contribution in [-0.2, 0) is 4.79 Å². The van der Waals surface area contributed by atoms with Gasteiger partial charge in [-0.25, -0.2) is 4.98 Å². The van der Waals surface area contributed by atoms with Gasteiger partial charge in [0.1, 0.15) is 5.82 Å². The van der Waals surface area contributed by atoms with Crippen LogP contribution in [-0.4, -0.2) is 33.9 Å². The number of anilines is 2. The van der Waals surface area contributed by atoms with Gasteiger partial charge in [0, 0.05) is 36.8 Å². The Kier molecular flexibility index (Phi) is 5.66. The molecule has 3 heterocycles. The van der Waals surface area contributed by atoms with Gasteiger partial charge in [0.15, 0.2) is 0 Å². The van der Waals surface area contributed by atoms with Crippen molar-refractivity contribution >= 4 is 17.4 Å². The number of likely N-dealkylation sites (tertiary alicyclic amines) is 1. The molecule has 27 heavy (non-hydrogen) atoms. The summed E-state index contributed by atoms with van der Waals surface area (Å²) in [5.74, 6) is 1.80. The van der Waals surface area contributed by atoms with Gasteiger partial charge in [-0.3, -0.25) is 9.78 Å². The number of aromatic nitrogens is 2. The third-order valence-corrected chi connectivity index (χ3v) is 5.83. The van der Waals surface area contributed by atoms with Crippen molar-refractivity contribution in [2.24, 2.45) is 5.92 Å². The average molecular weight is 364 g/mol. The van der Waals surface area contributed by atoms with E-state index in [1.807, 2.05) is 24.4 Å². The second-order valence-corrected chi connectivity index (χ2v) is 7.77. The molecule has 0 radical (unpaired) electrons. The Hall–Kier alpha value is -2.43. The van der Waals surface area contributed by atoms with Crippen molar-refractivity contribution in [1.82, 2.24) is 14.9 Å². The van der Waals surface area contributed by atoms with Crippen molar-refractivity contribution in [3.63, 3.8) is 0 Å². The Morgan fingerprint density at radius 1 is 1.00 bits per heavy atom. The topological polar surface area (TPSA) is 58.1 Å². The van der Waals surface area contributed by atoms with E-state index in [9.17, 15) is 4.79 Å². The fourth-order valence-electron chi connectivity index (χ4n) is 4.33. The lowest BCUT2D eigenvalue weighted by Crippen LogP contribution is -2.43. The van der Waals surface area contributed by atoms with Crippen molar-refractivity contribution in [2.45, 2.75) is 50.9 Å². The number of amides is 1. The summed E-state index contributed by atoms with van der Waals surface area (Å²) >= 11 is 0. The van der Waals surface area contributed by atoms with E-state index in [1.54, 1.807) is 6.20 Å². The number of hydrogen-bond acceptors (Lipinski definition) is 4. The number of piperidine rings is 1. The van der Waals surface area contributed by atoms with E-state index in [1.165, 1.54) is 19.3 Å². The molecule has 0 aromatic carbocycles. The quantitative estimate of drug-likeness (QED) is 0.867. The zero-order valence-corrected chi connectivity index (χ0v) is 15.8. The molecule has 2 aliphatic rings. The van der Waals surface area contributed by atoms with Gasteiger partial charge >= 0.3 is 0 Å². The molecule has 2 fully saturated rings. The largest absolute Gasteiger partial charge is 0.342 e. The molecule has 2 aromatic rings. The predicted molar refractivity (Wildman–Crippen MR) is 107 cm³/mol. The van der Waals surface area contributed by atoms with Gasteiger partial charge < -0.3 is 10.2 Å². The highest BCUT2D eigenvalue weighted by atomic mass is 16.2. The first-order valence-electron chi connectivity index (χ1n) is 10.2. The van der Waals surface area contributed by atoms with Gasteiger partial charge in [-0.2, -0.15) is 0 Å². The third kappa shape index (κ3) is 4.46. The van der Waals surface area contributed by atoms with Crippen LogP contribution in [0.25, 0.3) is 0 Å². The molecule has 1 saturated carbocycles. The number of rotatable bonds is 4. The maximum absolute atomic E-state index is 12.9. The molecule has 1 N–H and O–H groups in total. The van der Waals surface area contributed by atoms with E-state index < -0.39 is 0 Å². The van der Waals surface area contributed by atoms with Crippen LogP contribution in [0.15, 0.2) is 42.7 Å². The predicted octanol–water partition coefficient (Wildman–Crippen LogP) is 4.51. The van der Waals surface area contributed by atoms with Crippen molar-refractivity contribution in [2.75, 3.05) is 18.4 Å². The standard InChI is InChI=1S/C22H28N4O/c27-22(17-7-2-1-3-8-17)26-14-6-9-18(16-26)20-12-11-19(15-24-20)25-21-10-4-5-13-23-21/h4-5,10-13,15,17-18H,1-3,6-9,14,16H2,(H,23,25)/t18-/m0/s1. The Morgan fingerprint density at radius 2 is 1.89 bits per heavy atom. The van der Waals surface area contributed by atoms with Crippen molar-refractivity contribution in [1.29, 1.82) is 0 Å². The van der Waals surface area contributed by atoms with Crippen LogP contribution in [0.5, 0.6) is 0 Å². The van der Waals surface area contributed by atoms with E-state index in [0.29, 0.717) is 11.8 Å². The second-order valence-electron chi connectivity index (χ2n) is 7.77. The summed E-state index contributed by atoms with van der Waals surface area (Å²) in [7, 11) is 0.